The van der Waals surface area contributed by atoms with Crippen LogP contribution in [0.2, 0.25) is 0 Å². The molecule has 0 fully saturated rings. The van der Waals surface area contributed by atoms with Crippen LogP contribution in [0.3, 0.4) is 0 Å². The molecule has 0 bridgehead atoms. The molecule has 0 atom stereocenters. The minimum Gasteiger partial charge on any atom is -0.326 e. The number of hydrogen-bond acceptors (Lipinski definition) is 3. The number of ketones is 1. The Balaban J connectivity index is 0.000000179. The number of aliphatic imine (C=N–C) groups is 1. The number of halogens is 5. The van der Waals surface area contributed by atoms with Gasteiger partial charge in [0.1, 0.15) is 0 Å². The van der Waals surface area contributed by atoms with E-state index in [0.717, 1.165) is 49.3 Å². The molecule has 0 spiro atoms. The van der Waals surface area contributed by atoms with Crippen LogP contribution in [0, 0.1) is 0 Å². The monoisotopic (exact) mass is 808 g/mol. The lowest BCUT2D eigenvalue weighted by molar-refractivity contribution is 0.0994. The first-order valence-electron chi connectivity index (χ1n) is 12.6. The maximum Gasteiger partial charge on any atom is 0.163 e. The Morgan fingerprint density at radius 2 is 1.07 bits per heavy atom. The highest BCUT2D eigenvalue weighted by Gasteiger charge is 2.18. The van der Waals surface area contributed by atoms with Crippen LogP contribution in [0.15, 0.2) is 108 Å². The summed E-state index contributed by atoms with van der Waals surface area (Å²) in [4.78, 5) is 15.9. The van der Waals surface area contributed by atoms with E-state index in [2.05, 4.69) is 106 Å². The Labute approximate surface area is 276 Å². The predicted octanol–water partition coefficient (Wildman–Crippen LogP) is 10.1. The second kappa shape index (κ2) is 16.1. The molecule has 0 heterocycles. The van der Waals surface area contributed by atoms with E-state index in [4.69, 9.17) is 10.7 Å². The molecule has 2 aliphatic rings. The van der Waals surface area contributed by atoms with Crippen molar-refractivity contribution in [1.29, 1.82) is 0 Å². The van der Waals surface area contributed by atoms with Gasteiger partial charge < -0.3 is 5.73 Å². The van der Waals surface area contributed by atoms with Crippen LogP contribution < -0.4 is 5.73 Å². The quantitative estimate of drug-likeness (QED) is 0.224. The molecule has 4 aromatic rings. The zero-order valence-corrected chi connectivity index (χ0v) is 28.8. The van der Waals surface area contributed by atoms with E-state index in [0.29, 0.717) is 13.0 Å². The zero-order valence-electron chi connectivity index (χ0n) is 21.7. The average molecular weight is 813 g/mol. The standard InChI is InChI=1S/C16H13Br2N.C9H7BrO.C7H8BrN.ClH/c17-13-4-1-11(2-5-13)10-19-16-8-3-12-9-14(18)6-7-15(12)16;10-7-2-3-8-6(5-7)1-4-9(8)11;8-7-3-1-6(5-9)2-4-7;/h1-2,4-7,9H,3,8,10H2;2-3,5H,1,4H2;1-4H,5,9H2;1H. The average Bonchev–Trinajstić information content (AvgIpc) is 3.51. The second-order valence-corrected chi connectivity index (χ2v) is 12.9. The number of nitrogens with zero attached hydrogens (tertiary/aromatic N) is 1. The van der Waals surface area contributed by atoms with Gasteiger partial charge in [0.2, 0.25) is 0 Å². The molecule has 208 valence electrons. The van der Waals surface area contributed by atoms with E-state index in [1.807, 2.05) is 42.5 Å². The second-order valence-electron chi connectivity index (χ2n) is 9.25. The van der Waals surface area contributed by atoms with Crippen molar-refractivity contribution in [2.75, 3.05) is 0 Å². The van der Waals surface area contributed by atoms with Crippen LogP contribution in [-0.2, 0) is 25.9 Å². The molecule has 3 nitrogen and oxygen atoms in total. The molecule has 2 aliphatic carbocycles. The molecule has 0 saturated heterocycles. The highest BCUT2D eigenvalue weighted by Crippen LogP contribution is 2.27. The van der Waals surface area contributed by atoms with Gasteiger partial charge in [0.25, 0.3) is 0 Å². The van der Waals surface area contributed by atoms with Crippen molar-refractivity contribution in [1.82, 2.24) is 0 Å². The van der Waals surface area contributed by atoms with Crippen LogP contribution in [0.4, 0.5) is 0 Å². The first kappa shape index (κ1) is 32.9. The summed E-state index contributed by atoms with van der Waals surface area (Å²) < 4.78 is 4.42. The van der Waals surface area contributed by atoms with Crippen LogP contribution in [0.25, 0.3) is 0 Å². The van der Waals surface area contributed by atoms with Crippen LogP contribution in [-0.4, -0.2) is 11.5 Å². The van der Waals surface area contributed by atoms with Crippen LogP contribution in [0.5, 0.6) is 0 Å². The molecule has 0 saturated carbocycles. The highest BCUT2D eigenvalue weighted by atomic mass is 79.9. The van der Waals surface area contributed by atoms with Crippen LogP contribution >= 0.6 is 76.1 Å². The molecule has 0 unspecified atom stereocenters. The molecule has 0 radical (unpaired) electrons. The number of fused-ring (bicyclic) bond motifs is 2. The van der Waals surface area contributed by atoms with Gasteiger partial charge in [-0.25, -0.2) is 0 Å². The Morgan fingerprint density at radius 1 is 0.600 bits per heavy atom. The number of aryl methyl sites for hydroxylation is 2. The maximum absolute atomic E-state index is 11.2. The van der Waals surface area contributed by atoms with Gasteiger partial charge in [0, 0.05) is 42.1 Å². The van der Waals surface area contributed by atoms with Gasteiger partial charge in [-0.05, 0) is 95.6 Å². The van der Waals surface area contributed by atoms with Gasteiger partial charge in [0.05, 0.1) is 6.54 Å². The normalized spacial score (nSPS) is 13.8. The smallest absolute Gasteiger partial charge is 0.163 e. The van der Waals surface area contributed by atoms with Crippen molar-refractivity contribution in [3.63, 3.8) is 0 Å². The summed E-state index contributed by atoms with van der Waals surface area (Å²) in [6.07, 6.45) is 3.76. The largest absolute Gasteiger partial charge is 0.326 e. The van der Waals surface area contributed by atoms with Crippen molar-refractivity contribution in [3.8, 4) is 0 Å². The van der Waals surface area contributed by atoms with Gasteiger partial charge in [0.15, 0.2) is 5.78 Å². The van der Waals surface area contributed by atoms with Crippen LogP contribution in [0.1, 0.15) is 51.0 Å². The number of nitrogens with two attached hydrogens (primary N) is 1. The minimum atomic E-state index is 0. The Kier molecular flexibility index (Phi) is 13.3. The summed E-state index contributed by atoms with van der Waals surface area (Å²) in [6.45, 7) is 1.38. The molecule has 2 N–H and O–H groups in total. The molecule has 0 aromatic heterocycles. The number of carbonyl (C=O) groups excluding carboxylic acids is 1. The Morgan fingerprint density at radius 3 is 1.65 bits per heavy atom. The maximum atomic E-state index is 11.2. The number of benzene rings is 4. The molecule has 40 heavy (non-hydrogen) atoms. The Hall–Kier alpha value is -1.61. The molecule has 0 aliphatic heterocycles. The van der Waals surface area contributed by atoms with E-state index in [9.17, 15) is 4.79 Å². The lowest BCUT2D eigenvalue weighted by atomic mass is 10.1. The number of rotatable bonds is 3. The van der Waals surface area contributed by atoms with E-state index in [-0.39, 0.29) is 18.2 Å². The summed E-state index contributed by atoms with van der Waals surface area (Å²) >= 11 is 13.7. The summed E-state index contributed by atoms with van der Waals surface area (Å²) in [6, 6.07) is 28.7. The summed E-state index contributed by atoms with van der Waals surface area (Å²) in [5.74, 6) is 0.285. The first-order chi connectivity index (χ1) is 18.8. The van der Waals surface area contributed by atoms with Gasteiger partial charge in [-0.1, -0.05) is 100 Å². The van der Waals surface area contributed by atoms with E-state index >= 15 is 0 Å². The van der Waals surface area contributed by atoms with Gasteiger partial charge >= 0.3 is 0 Å². The third-order valence-electron chi connectivity index (χ3n) is 6.51. The fourth-order valence-corrected chi connectivity index (χ4v) is 5.77. The number of Topliss-reactive ketones (excluding diaryl/α,β-unsaturated/α-hetero) is 1. The highest BCUT2D eigenvalue weighted by molar-refractivity contribution is 9.11. The SMILES string of the molecule is Brc1ccc(CN=C2CCc3cc(Br)ccc32)cc1.Cl.NCc1ccc(Br)cc1.O=C1CCc2cc(Br)ccc21. The third-order valence-corrected chi connectivity index (χ3v) is 8.56. The van der Waals surface area contributed by atoms with E-state index in [1.54, 1.807) is 0 Å². The number of hydrogen-bond donors (Lipinski definition) is 1. The van der Waals surface area contributed by atoms with Crippen molar-refractivity contribution in [2.45, 2.75) is 38.8 Å². The molecule has 4 aromatic carbocycles. The zero-order chi connectivity index (χ0) is 27.8. The number of carbonyl (C=O) groups is 1. The van der Waals surface area contributed by atoms with Crippen molar-refractivity contribution in [3.05, 3.63) is 136 Å². The van der Waals surface area contributed by atoms with Crippen molar-refractivity contribution >= 4 is 87.6 Å². The Bertz CT molecular complexity index is 1470. The summed E-state index contributed by atoms with van der Waals surface area (Å²) in [7, 11) is 0. The van der Waals surface area contributed by atoms with Gasteiger partial charge in [-0.2, -0.15) is 0 Å². The summed E-state index contributed by atoms with van der Waals surface area (Å²) in [5, 5.41) is 0. The fraction of sp³-hybridized carbons (Fsp3) is 0.188. The van der Waals surface area contributed by atoms with E-state index < -0.39 is 0 Å². The molecular weight excluding hydrogens is 783 g/mol. The molecule has 8 heteroatoms. The lowest BCUT2D eigenvalue weighted by Gasteiger charge is -2.02. The first-order valence-corrected chi connectivity index (χ1v) is 15.8. The minimum absolute atomic E-state index is 0. The van der Waals surface area contributed by atoms with Gasteiger partial charge in [-0.15, -0.1) is 12.4 Å². The van der Waals surface area contributed by atoms with E-state index in [1.165, 1.54) is 33.5 Å². The molecular formula is C32H29Br4ClN2O. The summed E-state index contributed by atoms with van der Waals surface area (Å²) in [5.41, 5.74) is 13.9. The third kappa shape index (κ3) is 9.47. The van der Waals surface area contributed by atoms with Crippen molar-refractivity contribution < 1.29 is 4.79 Å². The molecule has 0 amide bonds. The van der Waals surface area contributed by atoms with Gasteiger partial charge in [-0.3, -0.25) is 9.79 Å². The predicted molar refractivity (Wildman–Crippen MR) is 183 cm³/mol. The topological polar surface area (TPSA) is 55.4 Å². The molecule has 6 rings (SSSR count). The lowest BCUT2D eigenvalue weighted by Crippen LogP contribution is -1.95. The van der Waals surface area contributed by atoms with Crippen molar-refractivity contribution in [2.24, 2.45) is 10.7 Å². The fourth-order valence-electron chi connectivity index (χ4n) is 4.42.